The first-order valence-electron chi connectivity index (χ1n) is 4.79. The molecule has 0 aromatic carbocycles. The van der Waals surface area contributed by atoms with Gasteiger partial charge in [0, 0.05) is 18.9 Å². The summed E-state index contributed by atoms with van der Waals surface area (Å²) in [5.74, 6) is -0.451. The number of unbranched alkanes of at least 4 members (excludes halogenated alkanes) is 1. The van der Waals surface area contributed by atoms with Crippen LogP contribution in [-0.2, 0) is 14.3 Å². The van der Waals surface area contributed by atoms with Gasteiger partial charge in [0.05, 0.1) is 0 Å². The lowest BCUT2D eigenvalue weighted by Gasteiger charge is -2.09. The van der Waals surface area contributed by atoms with E-state index in [-0.39, 0.29) is 0 Å². The highest BCUT2D eigenvalue weighted by molar-refractivity contribution is 5.82. The number of rotatable bonds is 6. The van der Waals surface area contributed by atoms with Crippen LogP contribution in [0, 0.1) is 0 Å². The first-order valence-corrected chi connectivity index (χ1v) is 4.79. The topological polar surface area (TPSA) is 61.6 Å². The Morgan fingerprint density at radius 3 is 2.71 bits per heavy atom. The van der Waals surface area contributed by atoms with Crippen molar-refractivity contribution in [3.8, 4) is 0 Å². The Morgan fingerprint density at radius 2 is 2.21 bits per heavy atom. The zero-order valence-corrected chi connectivity index (χ0v) is 9.08. The number of hydrogen-bond acceptors (Lipinski definition) is 4. The van der Waals surface area contributed by atoms with Gasteiger partial charge in [0.1, 0.15) is 0 Å². The summed E-state index contributed by atoms with van der Waals surface area (Å²) in [6, 6.07) is 0. The zero-order valence-electron chi connectivity index (χ0n) is 9.08. The summed E-state index contributed by atoms with van der Waals surface area (Å²) in [7, 11) is 1.47. The highest BCUT2D eigenvalue weighted by atomic mass is 16.7. The smallest absolute Gasteiger partial charge is 0.334 e. The molecule has 0 heterocycles. The van der Waals surface area contributed by atoms with Gasteiger partial charge in [-0.2, -0.15) is 0 Å². The third-order valence-electron chi connectivity index (χ3n) is 1.74. The highest BCUT2D eigenvalue weighted by Gasteiger charge is 2.05. The van der Waals surface area contributed by atoms with E-state index >= 15 is 0 Å². The second kappa shape index (κ2) is 7.38. The molecule has 0 saturated carbocycles. The number of carbonyl (C=O) groups excluding carboxylic acids is 1. The molecule has 0 rings (SSSR count). The molecular formula is C10H19NO3. The predicted molar refractivity (Wildman–Crippen MR) is 54.4 cm³/mol. The van der Waals surface area contributed by atoms with Crippen molar-refractivity contribution < 1.29 is 14.3 Å². The van der Waals surface area contributed by atoms with E-state index in [0.29, 0.717) is 5.70 Å². The van der Waals surface area contributed by atoms with E-state index in [1.165, 1.54) is 13.2 Å². The van der Waals surface area contributed by atoms with Crippen molar-refractivity contribution >= 4 is 5.97 Å². The minimum Gasteiger partial charge on any atom is -0.433 e. The van der Waals surface area contributed by atoms with Gasteiger partial charge < -0.3 is 15.2 Å². The van der Waals surface area contributed by atoms with E-state index in [4.69, 9.17) is 15.2 Å². The molecule has 0 bridgehead atoms. The highest BCUT2D eigenvalue weighted by Crippen LogP contribution is 2.02. The second-order valence-electron chi connectivity index (χ2n) is 3.06. The monoisotopic (exact) mass is 201 g/mol. The summed E-state index contributed by atoms with van der Waals surface area (Å²) in [6.45, 7) is 3.71. The lowest BCUT2D eigenvalue weighted by Crippen LogP contribution is -2.15. The molecule has 14 heavy (non-hydrogen) atoms. The van der Waals surface area contributed by atoms with E-state index in [2.05, 4.69) is 6.92 Å². The maximum Gasteiger partial charge on any atom is 0.334 e. The van der Waals surface area contributed by atoms with Gasteiger partial charge in [-0.05, 0) is 19.8 Å². The van der Waals surface area contributed by atoms with Crippen LogP contribution in [0.25, 0.3) is 0 Å². The Morgan fingerprint density at radius 1 is 1.57 bits per heavy atom. The molecule has 0 aliphatic carbocycles. The van der Waals surface area contributed by atoms with Crippen molar-refractivity contribution in [2.24, 2.45) is 5.73 Å². The first-order chi connectivity index (χ1) is 6.60. The minimum absolute atomic E-state index is 0.451. The van der Waals surface area contributed by atoms with Crippen LogP contribution in [0.3, 0.4) is 0 Å². The predicted octanol–water partition coefficient (Wildman–Crippen LogP) is 1.55. The van der Waals surface area contributed by atoms with E-state index in [0.717, 1.165) is 19.3 Å². The van der Waals surface area contributed by atoms with E-state index < -0.39 is 12.3 Å². The van der Waals surface area contributed by atoms with Gasteiger partial charge in [-0.3, -0.25) is 0 Å². The fourth-order valence-electron chi connectivity index (χ4n) is 0.850. The Kier molecular flexibility index (Phi) is 6.84. The van der Waals surface area contributed by atoms with Crippen LogP contribution in [0.4, 0.5) is 0 Å². The van der Waals surface area contributed by atoms with Crippen LogP contribution in [0.15, 0.2) is 11.8 Å². The van der Waals surface area contributed by atoms with Gasteiger partial charge in [0.2, 0.25) is 0 Å². The molecule has 0 aromatic heterocycles. The largest absolute Gasteiger partial charge is 0.433 e. The Balaban J connectivity index is 3.89. The van der Waals surface area contributed by atoms with Gasteiger partial charge in [-0.15, -0.1) is 0 Å². The molecule has 0 spiro atoms. The van der Waals surface area contributed by atoms with E-state index in [1.807, 2.05) is 0 Å². The minimum atomic E-state index is -0.530. The molecule has 1 atom stereocenters. The number of nitrogens with two attached hydrogens (primary N) is 1. The van der Waals surface area contributed by atoms with Crippen LogP contribution >= 0.6 is 0 Å². The van der Waals surface area contributed by atoms with Gasteiger partial charge in [-0.1, -0.05) is 13.3 Å². The molecule has 2 N–H and O–H groups in total. The van der Waals surface area contributed by atoms with Crippen molar-refractivity contribution in [3.05, 3.63) is 11.8 Å². The van der Waals surface area contributed by atoms with Crippen LogP contribution < -0.4 is 5.73 Å². The van der Waals surface area contributed by atoms with E-state index in [9.17, 15) is 4.79 Å². The van der Waals surface area contributed by atoms with Crippen molar-refractivity contribution in [2.75, 3.05) is 7.11 Å². The number of esters is 1. The normalized spacial score (nSPS) is 13.8. The Bertz CT molecular complexity index is 202. The van der Waals surface area contributed by atoms with Crippen molar-refractivity contribution in [1.29, 1.82) is 0 Å². The molecule has 1 unspecified atom stereocenters. The van der Waals surface area contributed by atoms with Crippen LogP contribution in [0.5, 0.6) is 0 Å². The third-order valence-corrected chi connectivity index (χ3v) is 1.74. The second-order valence-corrected chi connectivity index (χ2v) is 3.06. The number of hydrogen-bond donors (Lipinski definition) is 1. The quantitative estimate of drug-likeness (QED) is 0.402. The Labute approximate surface area is 85.1 Å². The molecule has 4 heteroatoms. The fourth-order valence-corrected chi connectivity index (χ4v) is 0.850. The average Bonchev–Trinajstić information content (AvgIpc) is 2.14. The third kappa shape index (κ3) is 6.48. The molecule has 0 radical (unpaired) electrons. The van der Waals surface area contributed by atoms with Gasteiger partial charge >= 0.3 is 5.97 Å². The van der Waals surface area contributed by atoms with Crippen molar-refractivity contribution in [2.45, 2.75) is 39.4 Å². The molecule has 0 amide bonds. The summed E-state index contributed by atoms with van der Waals surface area (Å²) in [4.78, 5) is 11.1. The van der Waals surface area contributed by atoms with Crippen molar-refractivity contribution in [1.82, 2.24) is 0 Å². The molecule has 0 fully saturated rings. The summed E-state index contributed by atoms with van der Waals surface area (Å²) in [5.41, 5.74) is 6.15. The Hall–Kier alpha value is -1.03. The zero-order chi connectivity index (χ0) is 11.0. The summed E-state index contributed by atoms with van der Waals surface area (Å²) in [6.07, 6.45) is 3.55. The average molecular weight is 201 g/mol. The lowest BCUT2D eigenvalue weighted by atomic mass is 10.2. The summed E-state index contributed by atoms with van der Waals surface area (Å²) >= 11 is 0. The van der Waals surface area contributed by atoms with E-state index in [1.54, 1.807) is 6.92 Å². The number of methoxy groups -OCH3 is 1. The van der Waals surface area contributed by atoms with Gasteiger partial charge in [0.15, 0.2) is 6.29 Å². The fraction of sp³-hybridized carbons (Fsp3) is 0.700. The van der Waals surface area contributed by atoms with Gasteiger partial charge in [0.25, 0.3) is 0 Å². The molecule has 0 aliphatic heterocycles. The number of ether oxygens (including phenoxy) is 2. The molecule has 0 saturated heterocycles. The maximum absolute atomic E-state index is 11.1. The molecule has 0 aromatic rings. The summed E-state index contributed by atoms with van der Waals surface area (Å²) < 4.78 is 9.60. The maximum atomic E-state index is 11.1. The van der Waals surface area contributed by atoms with Crippen molar-refractivity contribution in [3.63, 3.8) is 0 Å². The first kappa shape index (κ1) is 13.0. The SMILES string of the molecule is CCCC/C(N)=C/C(=O)OC(C)OC. The number of carbonyl (C=O) groups is 1. The molecular weight excluding hydrogens is 182 g/mol. The lowest BCUT2D eigenvalue weighted by molar-refractivity contribution is -0.163. The molecule has 4 nitrogen and oxygen atoms in total. The molecule has 82 valence electrons. The number of allylic oxidation sites excluding steroid dienone is 1. The van der Waals surface area contributed by atoms with Crippen LogP contribution in [-0.4, -0.2) is 19.4 Å². The molecule has 0 aliphatic rings. The van der Waals surface area contributed by atoms with Crippen LogP contribution in [0.2, 0.25) is 0 Å². The van der Waals surface area contributed by atoms with Crippen LogP contribution in [0.1, 0.15) is 33.1 Å². The van der Waals surface area contributed by atoms with Gasteiger partial charge in [-0.25, -0.2) is 4.79 Å². The standard InChI is InChI=1S/C10H19NO3/c1-4-5-6-9(11)7-10(12)14-8(2)13-3/h7-8H,4-6,11H2,1-3H3/b9-7-. The summed E-state index contributed by atoms with van der Waals surface area (Å²) in [5, 5.41) is 0.